The molecule has 0 N–H and O–H groups in total. The molecule has 0 spiro atoms. The van der Waals surface area contributed by atoms with Gasteiger partial charge >= 0.3 is 0 Å². The summed E-state index contributed by atoms with van der Waals surface area (Å²) in [5.41, 5.74) is 0. The van der Waals surface area contributed by atoms with Crippen molar-refractivity contribution in [3.8, 4) is 0 Å². The molecule has 1 aliphatic rings. The minimum absolute atomic E-state index is 0.228. The van der Waals surface area contributed by atoms with E-state index in [1.807, 2.05) is 12.1 Å². The van der Waals surface area contributed by atoms with Gasteiger partial charge in [0.25, 0.3) is 0 Å². The van der Waals surface area contributed by atoms with Crippen molar-refractivity contribution >= 4 is 33.0 Å². The predicted molar refractivity (Wildman–Crippen MR) is 49.0 cm³/mol. The predicted octanol–water partition coefficient (Wildman–Crippen LogP) is 2.96. The van der Waals surface area contributed by atoms with Crippen molar-refractivity contribution in [1.82, 2.24) is 0 Å². The average Bonchev–Trinajstić information content (AvgIpc) is 2.33. The van der Waals surface area contributed by atoms with Crippen LogP contribution in [0.2, 0.25) is 0 Å². The molecule has 0 radical (unpaired) electrons. The van der Waals surface area contributed by atoms with E-state index in [9.17, 15) is 4.79 Å². The van der Waals surface area contributed by atoms with Crippen LogP contribution in [0.15, 0.2) is 15.9 Å². The minimum Gasteiger partial charge on any atom is -0.299 e. The van der Waals surface area contributed by atoms with E-state index in [1.54, 1.807) is 11.3 Å². The zero-order chi connectivity index (χ0) is 7.84. The van der Waals surface area contributed by atoms with Gasteiger partial charge in [-0.15, -0.1) is 11.3 Å². The first-order valence-electron chi connectivity index (χ1n) is 3.55. The van der Waals surface area contributed by atoms with Gasteiger partial charge in [0.15, 0.2) is 0 Å². The van der Waals surface area contributed by atoms with Gasteiger partial charge in [-0.1, -0.05) is 0 Å². The number of hydrogen-bond acceptors (Lipinski definition) is 2. The van der Waals surface area contributed by atoms with Crippen molar-refractivity contribution < 1.29 is 4.79 Å². The van der Waals surface area contributed by atoms with Crippen molar-refractivity contribution in [2.45, 2.75) is 18.8 Å². The molecule has 1 aromatic heterocycles. The molecule has 1 fully saturated rings. The molecule has 3 heteroatoms. The van der Waals surface area contributed by atoms with Crippen LogP contribution >= 0.6 is 27.3 Å². The van der Waals surface area contributed by atoms with Gasteiger partial charge in [0.05, 0.1) is 9.70 Å². The lowest BCUT2D eigenvalue weighted by molar-refractivity contribution is -0.125. The van der Waals surface area contributed by atoms with Crippen LogP contribution in [0.3, 0.4) is 0 Å². The molecule has 1 heterocycles. The Bertz CT molecular complexity index is 292. The first-order valence-corrected chi connectivity index (χ1v) is 5.16. The van der Waals surface area contributed by atoms with Gasteiger partial charge in [0.2, 0.25) is 0 Å². The summed E-state index contributed by atoms with van der Waals surface area (Å²) in [6.45, 7) is 0. The van der Waals surface area contributed by atoms with Crippen molar-refractivity contribution in [1.29, 1.82) is 0 Å². The van der Waals surface area contributed by atoms with E-state index in [-0.39, 0.29) is 5.92 Å². The van der Waals surface area contributed by atoms with E-state index in [1.165, 1.54) is 4.88 Å². The van der Waals surface area contributed by atoms with E-state index < -0.39 is 0 Å². The third-order valence-corrected chi connectivity index (χ3v) is 3.74. The lowest BCUT2D eigenvalue weighted by Crippen LogP contribution is -2.21. The fourth-order valence-electron chi connectivity index (χ4n) is 1.22. The second-order valence-electron chi connectivity index (χ2n) is 2.70. The van der Waals surface area contributed by atoms with Crippen molar-refractivity contribution in [2.75, 3.05) is 0 Å². The Morgan fingerprint density at radius 1 is 1.55 bits per heavy atom. The molecule has 0 amide bonds. The Morgan fingerprint density at radius 2 is 2.36 bits per heavy atom. The maximum atomic E-state index is 11.0. The van der Waals surface area contributed by atoms with Gasteiger partial charge < -0.3 is 0 Å². The Hall–Kier alpha value is -0.150. The molecule has 1 nitrogen and oxygen atoms in total. The van der Waals surface area contributed by atoms with Gasteiger partial charge in [-0.05, 0) is 34.5 Å². The second-order valence-corrected chi connectivity index (χ2v) is 5.19. The zero-order valence-corrected chi connectivity index (χ0v) is 8.24. The number of ketones is 1. The van der Waals surface area contributed by atoms with Crippen LogP contribution in [-0.2, 0) is 4.79 Å². The Kier molecular flexibility index (Phi) is 1.85. The molecule has 0 aromatic carbocycles. The van der Waals surface area contributed by atoms with E-state index >= 15 is 0 Å². The van der Waals surface area contributed by atoms with Crippen molar-refractivity contribution in [3.05, 3.63) is 20.8 Å². The maximum Gasteiger partial charge on any atom is 0.141 e. The molecule has 2 rings (SSSR count). The quantitative estimate of drug-likeness (QED) is 0.726. The Morgan fingerprint density at radius 3 is 2.73 bits per heavy atom. The largest absolute Gasteiger partial charge is 0.299 e. The number of carbonyl (C=O) groups excluding carboxylic acids is 1. The monoisotopic (exact) mass is 230 g/mol. The highest BCUT2D eigenvalue weighted by atomic mass is 79.9. The molecule has 1 aromatic rings. The number of halogens is 1. The fourth-order valence-corrected chi connectivity index (χ4v) is 2.80. The van der Waals surface area contributed by atoms with Gasteiger partial charge in [-0.3, -0.25) is 4.79 Å². The van der Waals surface area contributed by atoms with E-state index in [4.69, 9.17) is 0 Å². The zero-order valence-electron chi connectivity index (χ0n) is 5.84. The summed E-state index contributed by atoms with van der Waals surface area (Å²) in [4.78, 5) is 12.2. The van der Waals surface area contributed by atoms with Crippen LogP contribution in [0.25, 0.3) is 0 Å². The second kappa shape index (κ2) is 2.72. The topological polar surface area (TPSA) is 17.1 Å². The van der Waals surface area contributed by atoms with Crippen LogP contribution in [0.4, 0.5) is 0 Å². The van der Waals surface area contributed by atoms with E-state index in [0.29, 0.717) is 5.78 Å². The highest BCUT2D eigenvalue weighted by molar-refractivity contribution is 9.11. The number of carbonyl (C=O) groups is 1. The van der Waals surface area contributed by atoms with Crippen LogP contribution in [0, 0.1) is 0 Å². The molecule has 1 saturated carbocycles. The summed E-state index contributed by atoms with van der Waals surface area (Å²) in [5.74, 6) is 0.630. The van der Waals surface area contributed by atoms with Gasteiger partial charge in [-0.2, -0.15) is 0 Å². The number of rotatable bonds is 1. The fraction of sp³-hybridized carbons (Fsp3) is 0.375. The summed E-state index contributed by atoms with van der Waals surface area (Å²) >= 11 is 5.05. The van der Waals surface area contributed by atoms with Crippen LogP contribution < -0.4 is 0 Å². The van der Waals surface area contributed by atoms with Crippen molar-refractivity contribution in [2.24, 2.45) is 0 Å². The number of thiophene rings is 1. The summed E-state index contributed by atoms with van der Waals surface area (Å²) < 4.78 is 1.12. The first kappa shape index (κ1) is 7.50. The molecule has 1 atom stereocenters. The molecule has 0 unspecified atom stereocenters. The van der Waals surface area contributed by atoms with Gasteiger partial charge in [-0.25, -0.2) is 0 Å². The summed E-state index contributed by atoms with van der Waals surface area (Å²) in [6, 6.07) is 4.04. The first-order chi connectivity index (χ1) is 5.27. The molecular weight excluding hydrogens is 224 g/mol. The van der Waals surface area contributed by atoms with Crippen LogP contribution in [0.5, 0.6) is 0 Å². The highest BCUT2D eigenvalue weighted by Crippen LogP contribution is 2.38. The smallest absolute Gasteiger partial charge is 0.141 e. The summed E-state index contributed by atoms with van der Waals surface area (Å²) in [7, 11) is 0. The molecular formula is C8H7BrOS. The maximum absolute atomic E-state index is 11.0. The summed E-state index contributed by atoms with van der Waals surface area (Å²) in [6.07, 6.45) is 1.83. The normalized spacial score (nSPS) is 23.4. The highest BCUT2D eigenvalue weighted by Gasteiger charge is 2.30. The third-order valence-electron chi connectivity index (χ3n) is 2.01. The number of Topliss-reactive ketones (excluding diaryl/α,β-unsaturated/α-hetero) is 1. The third kappa shape index (κ3) is 1.27. The SMILES string of the molecule is O=C1CC[C@H]1c1ccc(Br)s1. The summed E-state index contributed by atoms with van der Waals surface area (Å²) in [5, 5.41) is 0. The molecule has 11 heavy (non-hydrogen) atoms. The minimum atomic E-state index is 0.228. The van der Waals surface area contributed by atoms with Gasteiger partial charge in [0, 0.05) is 11.3 Å². The van der Waals surface area contributed by atoms with Crippen molar-refractivity contribution in [3.63, 3.8) is 0 Å². The molecule has 0 aliphatic heterocycles. The molecule has 58 valence electrons. The molecule has 0 bridgehead atoms. The Balaban J connectivity index is 2.23. The van der Waals surface area contributed by atoms with E-state index in [0.717, 1.165) is 16.6 Å². The average molecular weight is 231 g/mol. The molecule has 0 saturated heterocycles. The van der Waals surface area contributed by atoms with Gasteiger partial charge in [0.1, 0.15) is 5.78 Å². The lowest BCUT2D eigenvalue weighted by Gasteiger charge is -2.21. The Labute approximate surface area is 77.6 Å². The van der Waals surface area contributed by atoms with Crippen LogP contribution in [-0.4, -0.2) is 5.78 Å². The van der Waals surface area contributed by atoms with Crippen LogP contribution in [0.1, 0.15) is 23.6 Å². The standard InChI is InChI=1S/C8H7BrOS/c9-8-4-3-7(11-8)5-1-2-6(5)10/h3-5H,1-2H2/t5-/m1/s1. The van der Waals surface area contributed by atoms with E-state index in [2.05, 4.69) is 15.9 Å². The number of hydrogen-bond donors (Lipinski definition) is 0. The molecule has 1 aliphatic carbocycles. The lowest BCUT2D eigenvalue weighted by atomic mass is 9.83.